The first-order chi connectivity index (χ1) is 7.75. The fourth-order valence-corrected chi connectivity index (χ4v) is 1.43. The third-order valence-corrected chi connectivity index (χ3v) is 2.40. The highest BCUT2D eigenvalue weighted by atomic mass is 35.5. The molecule has 1 aromatic carbocycles. The summed E-state index contributed by atoms with van der Waals surface area (Å²) in [6.07, 6.45) is 5.30. The molecular formula is C13H10ClNO. The van der Waals surface area contributed by atoms with E-state index in [9.17, 15) is 4.79 Å². The van der Waals surface area contributed by atoms with Crippen molar-refractivity contribution in [1.82, 2.24) is 4.57 Å². The summed E-state index contributed by atoms with van der Waals surface area (Å²) < 4.78 is 1.52. The molecule has 0 amide bonds. The maximum Gasteiger partial charge on any atom is 0.254 e. The van der Waals surface area contributed by atoms with Gasteiger partial charge in [-0.1, -0.05) is 29.8 Å². The fourth-order valence-electron chi connectivity index (χ4n) is 1.30. The Bertz CT molecular complexity index is 555. The Kier molecular flexibility index (Phi) is 3.22. The van der Waals surface area contributed by atoms with Gasteiger partial charge in [-0.05, 0) is 29.8 Å². The molecule has 0 unspecified atom stereocenters. The summed E-state index contributed by atoms with van der Waals surface area (Å²) in [5, 5.41) is 0.703. The van der Waals surface area contributed by atoms with Crippen LogP contribution in [0.4, 0.5) is 0 Å². The van der Waals surface area contributed by atoms with Crippen LogP contribution in [0.1, 0.15) is 5.56 Å². The lowest BCUT2D eigenvalue weighted by Gasteiger charge is -1.97. The fraction of sp³-hybridized carbons (Fsp3) is 0. The van der Waals surface area contributed by atoms with Gasteiger partial charge in [0.05, 0.1) is 0 Å². The molecule has 1 aromatic heterocycles. The number of nitrogens with zero attached hydrogens (tertiary/aromatic N) is 1. The van der Waals surface area contributed by atoms with Gasteiger partial charge in [0.2, 0.25) is 0 Å². The van der Waals surface area contributed by atoms with Gasteiger partial charge >= 0.3 is 0 Å². The van der Waals surface area contributed by atoms with Crippen LogP contribution in [0.3, 0.4) is 0 Å². The Morgan fingerprint density at radius 2 is 1.81 bits per heavy atom. The number of hydrogen-bond donors (Lipinski definition) is 0. The topological polar surface area (TPSA) is 22.0 Å². The van der Waals surface area contributed by atoms with E-state index in [1.807, 2.05) is 36.4 Å². The molecule has 0 spiro atoms. The van der Waals surface area contributed by atoms with E-state index in [0.29, 0.717) is 5.02 Å². The van der Waals surface area contributed by atoms with Gasteiger partial charge in [0.25, 0.3) is 5.56 Å². The summed E-state index contributed by atoms with van der Waals surface area (Å²) in [6, 6.07) is 12.5. The van der Waals surface area contributed by atoms with E-state index in [1.165, 1.54) is 10.6 Å². The van der Waals surface area contributed by atoms with Crippen molar-refractivity contribution in [2.24, 2.45) is 0 Å². The molecular weight excluding hydrogens is 222 g/mol. The molecule has 0 fully saturated rings. The molecule has 0 aliphatic heterocycles. The quantitative estimate of drug-likeness (QED) is 0.778. The van der Waals surface area contributed by atoms with Gasteiger partial charge in [-0.3, -0.25) is 9.36 Å². The van der Waals surface area contributed by atoms with Crippen LogP contribution in [0.25, 0.3) is 12.3 Å². The smallest absolute Gasteiger partial charge is 0.254 e. The number of rotatable bonds is 2. The van der Waals surface area contributed by atoms with Gasteiger partial charge in [-0.15, -0.1) is 0 Å². The molecule has 80 valence electrons. The van der Waals surface area contributed by atoms with Crippen molar-refractivity contribution in [2.45, 2.75) is 0 Å². The highest BCUT2D eigenvalue weighted by molar-refractivity contribution is 6.30. The maximum absolute atomic E-state index is 11.4. The molecule has 0 bridgehead atoms. The lowest BCUT2D eigenvalue weighted by molar-refractivity contribution is 1.06. The lowest BCUT2D eigenvalue weighted by atomic mass is 10.2. The average Bonchev–Trinajstić information content (AvgIpc) is 2.30. The van der Waals surface area contributed by atoms with Gasteiger partial charge in [-0.25, -0.2) is 0 Å². The first kappa shape index (κ1) is 10.7. The van der Waals surface area contributed by atoms with Gasteiger partial charge < -0.3 is 0 Å². The minimum Gasteiger partial charge on any atom is -0.291 e. The van der Waals surface area contributed by atoms with Crippen molar-refractivity contribution in [3.63, 3.8) is 0 Å². The second-order valence-electron chi connectivity index (χ2n) is 3.31. The molecule has 0 aliphatic carbocycles. The van der Waals surface area contributed by atoms with Crippen LogP contribution in [-0.2, 0) is 0 Å². The van der Waals surface area contributed by atoms with Crippen molar-refractivity contribution < 1.29 is 0 Å². The van der Waals surface area contributed by atoms with Crippen LogP contribution in [0.2, 0.25) is 5.02 Å². The third kappa shape index (κ3) is 2.61. The van der Waals surface area contributed by atoms with E-state index in [1.54, 1.807) is 18.5 Å². The van der Waals surface area contributed by atoms with E-state index in [0.717, 1.165) is 5.56 Å². The number of hydrogen-bond acceptors (Lipinski definition) is 1. The largest absolute Gasteiger partial charge is 0.291 e. The maximum atomic E-state index is 11.4. The van der Waals surface area contributed by atoms with Gasteiger partial charge in [-0.2, -0.15) is 0 Å². The molecule has 2 rings (SSSR count). The van der Waals surface area contributed by atoms with Crippen LogP contribution in [0.5, 0.6) is 0 Å². The SMILES string of the molecule is O=c1ccccn1/C=C/c1ccc(Cl)cc1. The van der Waals surface area contributed by atoms with Crippen molar-refractivity contribution in [3.05, 3.63) is 69.6 Å². The summed E-state index contributed by atoms with van der Waals surface area (Å²) in [5.41, 5.74) is 0.952. The van der Waals surface area contributed by atoms with Crippen LogP contribution in [0.15, 0.2) is 53.5 Å². The molecule has 0 radical (unpaired) electrons. The minimum absolute atomic E-state index is 0.0484. The normalized spacial score (nSPS) is 10.8. The Labute approximate surface area is 98.4 Å². The second-order valence-corrected chi connectivity index (χ2v) is 3.75. The standard InChI is InChI=1S/C13H10ClNO/c14-12-6-4-11(5-7-12)8-10-15-9-2-1-3-13(15)16/h1-10H/b10-8+. The first-order valence-corrected chi connectivity index (χ1v) is 5.24. The van der Waals surface area contributed by atoms with E-state index >= 15 is 0 Å². The molecule has 0 atom stereocenters. The molecule has 0 N–H and O–H groups in total. The summed E-state index contributed by atoms with van der Waals surface area (Å²) in [7, 11) is 0. The molecule has 0 saturated heterocycles. The predicted octanol–water partition coefficient (Wildman–Crippen LogP) is 3.13. The van der Waals surface area contributed by atoms with Crippen LogP contribution in [-0.4, -0.2) is 4.57 Å². The molecule has 1 heterocycles. The Morgan fingerprint density at radius 1 is 1.06 bits per heavy atom. The van der Waals surface area contributed by atoms with Gasteiger partial charge in [0.1, 0.15) is 0 Å². The predicted molar refractivity (Wildman–Crippen MR) is 67.4 cm³/mol. The Hall–Kier alpha value is -1.80. The first-order valence-electron chi connectivity index (χ1n) is 4.87. The number of benzene rings is 1. The summed E-state index contributed by atoms with van der Waals surface area (Å²) in [4.78, 5) is 11.4. The number of aromatic nitrogens is 1. The zero-order chi connectivity index (χ0) is 11.4. The molecule has 3 heteroatoms. The second kappa shape index (κ2) is 4.81. The van der Waals surface area contributed by atoms with E-state index in [-0.39, 0.29) is 5.56 Å². The molecule has 2 nitrogen and oxygen atoms in total. The summed E-state index contributed by atoms with van der Waals surface area (Å²) in [6.45, 7) is 0. The van der Waals surface area contributed by atoms with Crippen molar-refractivity contribution in [2.75, 3.05) is 0 Å². The molecule has 2 aromatic rings. The Balaban J connectivity index is 2.25. The highest BCUT2D eigenvalue weighted by Crippen LogP contribution is 2.10. The van der Waals surface area contributed by atoms with Crippen molar-refractivity contribution in [1.29, 1.82) is 0 Å². The van der Waals surface area contributed by atoms with Crippen LogP contribution >= 0.6 is 11.6 Å². The van der Waals surface area contributed by atoms with E-state index in [2.05, 4.69) is 0 Å². The third-order valence-electron chi connectivity index (χ3n) is 2.15. The highest BCUT2D eigenvalue weighted by Gasteiger charge is 1.89. The number of halogens is 1. The van der Waals surface area contributed by atoms with E-state index in [4.69, 9.17) is 11.6 Å². The summed E-state index contributed by atoms with van der Waals surface area (Å²) in [5.74, 6) is 0. The minimum atomic E-state index is -0.0484. The lowest BCUT2D eigenvalue weighted by Crippen LogP contribution is -2.11. The van der Waals surface area contributed by atoms with Crippen LogP contribution in [0, 0.1) is 0 Å². The van der Waals surface area contributed by atoms with E-state index < -0.39 is 0 Å². The average molecular weight is 232 g/mol. The van der Waals surface area contributed by atoms with Gasteiger partial charge in [0, 0.05) is 23.5 Å². The Morgan fingerprint density at radius 3 is 2.50 bits per heavy atom. The van der Waals surface area contributed by atoms with Crippen molar-refractivity contribution >= 4 is 23.9 Å². The summed E-state index contributed by atoms with van der Waals surface area (Å²) >= 11 is 5.77. The molecule has 0 saturated carbocycles. The van der Waals surface area contributed by atoms with Gasteiger partial charge in [0.15, 0.2) is 0 Å². The number of pyridine rings is 1. The molecule has 16 heavy (non-hydrogen) atoms. The van der Waals surface area contributed by atoms with Crippen molar-refractivity contribution in [3.8, 4) is 0 Å². The zero-order valence-electron chi connectivity index (χ0n) is 8.51. The zero-order valence-corrected chi connectivity index (χ0v) is 9.26. The van der Waals surface area contributed by atoms with Crippen LogP contribution < -0.4 is 5.56 Å². The molecule has 0 aliphatic rings. The monoisotopic (exact) mass is 231 g/mol.